The Morgan fingerprint density at radius 3 is 2.29 bits per heavy atom. The van der Waals surface area contributed by atoms with Gasteiger partial charge < -0.3 is 15.5 Å². The molecule has 9 heteroatoms. The number of hydrogen-bond acceptors (Lipinski definition) is 6. The van der Waals surface area contributed by atoms with Crippen LogP contribution in [0.5, 0.6) is 0 Å². The summed E-state index contributed by atoms with van der Waals surface area (Å²) in [5, 5.41) is 25.3. The Hall–Kier alpha value is -1.19. The third kappa shape index (κ3) is 5.14. The predicted molar refractivity (Wildman–Crippen MR) is 174 cm³/mol. The molecule has 6 fully saturated rings. The number of nitrogens with one attached hydrogen (secondary N) is 2. The molecule has 13 atom stereocenters. The van der Waals surface area contributed by atoms with E-state index in [-0.39, 0.29) is 51.8 Å². The lowest BCUT2D eigenvalue weighted by molar-refractivity contribution is -0.203. The van der Waals surface area contributed by atoms with Gasteiger partial charge in [-0.3, -0.25) is 4.79 Å². The topological polar surface area (TPSA) is 133 Å². The largest absolute Gasteiger partial charge is 0.393 e. The molecule has 0 heterocycles. The monoisotopic (exact) mass is 648 g/mol. The van der Waals surface area contributed by atoms with E-state index >= 15 is 0 Å². The summed E-state index contributed by atoms with van der Waals surface area (Å²) in [4.78, 5) is 25.6. The van der Waals surface area contributed by atoms with E-state index in [4.69, 9.17) is 0 Å². The van der Waals surface area contributed by atoms with Crippen molar-refractivity contribution in [2.75, 3.05) is 12.3 Å². The number of carbonyl (C=O) groups is 2. The molecule has 6 aliphatic rings. The highest BCUT2D eigenvalue weighted by Crippen LogP contribution is 2.69. The van der Waals surface area contributed by atoms with Gasteiger partial charge in [0.1, 0.15) is 5.78 Å². The Labute approximate surface area is 271 Å². The van der Waals surface area contributed by atoms with Crippen LogP contribution in [0.25, 0.3) is 0 Å². The van der Waals surface area contributed by atoms with E-state index < -0.39 is 21.5 Å². The van der Waals surface area contributed by atoms with Crippen LogP contribution in [0, 0.1) is 69.0 Å². The van der Waals surface area contributed by atoms with E-state index in [0.717, 1.165) is 64.2 Å². The highest BCUT2D eigenvalue weighted by atomic mass is 32.2. The first-order chi connectivity index (χ1) is 21.0. The minimum atomic E-state index is -3.96. The molecule has 1 unspecified atom stereocenters. The molecular weight excluding hydrogens is 588 g/mol. The van der Waals surface area contributed by atoms with Gasteiger partial charge in [0.2, 0.25) is 10.0 Å². The first-order valence-corrected chi connectivity index (χ1v) is 19.8. The number of aliphatic hydroxyl groups is 2. The van der Waals surface area contributed by atoms with Gasteiger partial charge in [-0.25, -0.2) is 17.9 Å². The summed E-state index contributed by atoms with van der Waals surface area (Å²) < 4.78 is 28.4. The van der Waals surface area contributed by atoms with Gasteiger partial charge in [-0.15, -0.1) is 0 Å². The van der Waals surface area contributed by atoms with Crippen molar-refractivity contribution in [2.45, 2.75) is 131 Å². The molecule has 256 valence electrons. The van der Waals surface area contributed by atoms with Gasteiger partial charge >= 0.3 is 6.03 Å². The molecule has 45 heavy (non-hydrogen) atoms. The van der Waals surface area contributed by atoms with Crippen LogP contribution in [0.3, 0.4) is 0 Å². The fraction of sp³-hybridized carbons (Fsp3) is 0.944. The van der Waals surface area contributed by atoms with Crippen molar-refractivity contribution < 1.29 is 28.2 Å². The minimum absolute atomic E-state index is 0.0261. The molecule has 0 aromatic rings. The second kappa shape index (κ2) is 11.5. The van der Waals surface area contributed by atoms with Crippen molar-refractivity contribution in [2.24, 2.45) is 69.0 Å². The number of sulfonamides is 1. The third-order valence-electron chi connectivity index (χ3n) is 15.9. The summed E-state index contributed by atoms with van der Waals surface area (Å²) in [6.45, 7) is 13.8. The molecule has 0 aliphatic heterocycles. The van der Waals surface area contributed by atoms with Crippen molar-refractivity contribution in [3.8, 4) is 0 Å². The molecule has 6 rings (SSSR count). The van der Waals surface area contributed by atoms with Crippen LogP contribution in [0.1, 0.15) is 119 Å². The Morgan fingerprint density at radius 2 is 1.64 bits per heavy atom. The van der Waals surface area contributed by atoms with Gasteiger partial charge in [0.05, 0.1) is 23.4 Å². The molecule has 0 saturated heterocycles. The van der Waals surface area contributed by atoms with Crippen LogP contribution in [0.4, 0.5) is 4.79 Å². The molecule has 0 aromatic carbocycles. The van der Waals surface area contributed by atoms with Crippen LogP contribution in [-0.2, 0) is 14.8 Å². The zero-order chi connectivity index (χ0) is 32.7. The average Bonchev–Trinajstić information content (AvgIpc) is 3.49. The van der Waals surface area contributed by atoms with Gasteiger partial charge in [-0.1, -0.05) is 48.0 Å². The standard InChI is InChI=1S/C36H60N2O6S/c1-7-24-28-19-23(39)11-14-35(28,6)27-12-15-34(5)25(8-9-26(34)30(27)31(24)41)21(2)13-17-37-32(42)38-45(43,44)20-36-16-10-22(18-29(36)40)33(36,3)4/h21-28,30-31,39,41H,7-20H2,1-6H3,(H2,37,38,42)/t21-,22?,23-,24-,25-,26+,27+,28+,30+,31-,34-,35-,36+/m1/s1. The molecule has 2 amide bonds. The minimum Gasteiger partial charge on any atom is -0.393 e. The summed E-state index contributed by atoms with van der Waals surface area (Å²) in [7, 11) is -3.96. The van der Waals surface area contributed by atoms with Crippen molar-refractivity contribution >= 4 is 21.8 Å². The molecule has 6 aliphatic carbocycles. The zero-order valence-electron chi connectivity index (χ0n) is 28.6. The average molecular weight is 649 g/mol. The summed E-state index contributed by atoms with van der Waals surface area (Å²) >= 11 is 0. The number of fused-ring (bicyclic) bond motifs is 7. The first kappa shape index (κ1) is 33.7. The van der Waals surface area contributed by atoms with Crippen LogP contribution in [0.15, 0.2) is 0 Å². The number of urea groups is 1. The second-order valence-corrected chi connectivity index (χ2v) is 19.4. The van der Waals surface area contributed by atoms with E-state index in [2.05, 4.69) is 37.7 Å². The van der Waals surface area contributed by atoms with Crippen molar-refractivity contribution in [1.29, 1.82) is 0 Å². The van der Waals surface area contributed by atoms with Gasteiger partial charge in [0, 0.05) is 13.0 Å². The molecule has 0 aromatic heterocycles. The second-order valence-electron chi connectivity index (χ2n) is 17.7. The third-order valence-corrected chi connectivity index (χ3v) is 17.2. The quantitative estimate of drug-likeness (QED) is 0.268. The fourth-order valence-electron chi connectivity index (χ4n) is 13.2. The number of Topliss-reactive ketones (excluding diaryl/α,β-unsaturated/α-hetero) is 1. The van der Waals surface area contributed by atoms with E-state index in [1.165, 1.54) is 0 Å². The van der Waals surface area contributed by atoms with E-state index in [1.807, 2.05) is 13.8 Å². The Balaban J connectivity index is 1.06. The lowest BCUT2D eigenvalue weighted by atomic mass is 9.41. The number of hydrogen-bond donors (Lipinski definition) is 4. The van der Waals surface area contributed by atoms with E-state index in [9.17, 15) is 28.2 Å². The van der Waals surface area contributed by atoms with Gasteiger partial charge in [0.25, 0.3) is 0 Å². The Kier molecular flexibility index (Phi) is 8.58. The van der Waals surface area contributed by atoms with Gasteiger partial charge in [0.15, 0.2) is 0 Å². The van der Waals surface area contributed by atoms with Crippen LogP contribution >= 0.6 is 0 Å². The van der Waals surface area contributed by atoms with Crippen molar-refractivity contribution in [3.05, 3.63) is 0 Å². The number of ketones is 1. The molecule has 0 radical (unpaired) electrons. The summed E-state index contributed by atoms with van der Waals surface area (Å²) in [6.07, 6.45) is 10.4. The summed E-state index contributed by atoms with van der Waals surface area (Å²) in [6, 6.07) is -0.705. The number of amides is 2. The Bertz CT molecular complexity index is 1290. The van der Waals surface area contributed by atoms with E-state index in [1.54, 1.807) is 0 Å². The van der Waals surface area contributed by atoms with Crippen molar-refractivity contribution in [3.63, 3.8) is 0 Å². The van der Waals surface area contributed by atoms with Crippen LogP contribution < -0.4 is 10.0 Å². The van der Waals surface area contributed by atoms with Gasteiger partial charge in [-0.2, -0.15) is 0 Å². The zero-order valence-corrected chi connectivity index (χ0v) is 29.4. The van der Waals surface area contributed by atoms with Crippen LogP contribution in [-0.4, -0.2) is 55.0 Å². The normalized spacial score (nSPS) is 47.5. The smallest absolute Gasteiger partial charge is 0.328 e. The molecule has 4 N–H and O–H groups in total. The molecule has 8 nitrogen and oxygen atoms in total. The summed E-state index contributed by atoms with van der Waals surface area (Å²) in [5.41, 5.74) is -0.942. The van der Waals surface area contributed by atoms with Crippen LogP contribution in [0.2, 0.25) is 0 Å². The molecule has 2 bridgehead atoms. The Morgan fingerprint density at radius 1 is 0.956 bits per heavy atom. The van der Waals surface area contributed by atoms with E-state index in [0.29, 0.717) is 54.9 Å². The first-order valence-electron chi connectivity index (χ1n) is 18.2. The maximum atomic E-state index is 13.1. The number of aliphatic hydroxyl groups excluding tert-OH is 2. The fourth-order valence-corrected chi connectivity index (χ4v) is 14.9. The van der Waals surface area contributed by atoms with Gasteiger partial charge in [-0.05, 0) is 128 Å². The maximum absolute atomic E-state index is 13.1. The highest BCUT2D eigenvalue weighted by molar-refractivity contribution is 7.90. The lowest BCUT2D eigenvalue weighted by Crippen LogP contribution is -2.62. The SMILES string of the molecule is CC[C@H]1[C@@H](O)[C@@H]2[C@H](CC[C@]3(C)[C@@H]([C@H](C)CCNC(=O)NS(=O)(=O)C[C@@]45CCC(CC4=O)C5(C)C)CC[C@@H]23)[C@@]2(C)CC[C@@H](O)C[C@@H]12. The van der Waals surface area contributed by atoms with Crippen molar-refractivity contribution in [1.82, 2.24) is 10.0 Å². The number of rotatable bonds is 8. The predicted octanol–water partition coefficient (Wildman–Crippen LogP) is 5.66. The molecule has 0 spiro atoms. The number of carbonyl (C=O) groups excluding carboxylic acids is 2. The molecule has 6 saturated carbocycles. The molecular formula is C36H60N2O6S. The lowest BCUT2D eigenvalue weighted by Gasteiger charge is -2.64. The summed E-state index contributed by atoms with van der Waals surface area (Å²) in [5.74, 6) is 2.72. The highest BCUT2D eigenvalue weighted by Gasteiger charge is 2.66. The maximum Gasteiger partial charge on any atom is 0.328 e.